The van der Waals surface area contributed by atoms with Crippen LogP contribution < -0.4 is 11.1 Å². The highest BCUT2D eigenvalue weighted by Gasteiger charge is 2.02. The van der Waals surface area contributed by atoms with E-state index in [0.717, 1.165) is 23.1 Å². The lowest BCUT2D eigenvalue weighted by molar-refractivity contribution is 0.628. The first kappa shape index (κ1) is 13.9. The van der Waals surface area contributed by atoms with Crippen molar-refractivity contribution in [2.75, 3.05) is 17.6 Å². The van der Waals surface area contributed by atoms with Crippen molar-refractivity contribution in [3.8, 4) is 0 Å². The summed E-state index contributed by atoms with van der Waals surface area (Å²) in [6, 6.07) is 10.6. The molecule has 0 radical (unpaired) electrons. The number of nitrogens with one attached hydrogen (secondary N) is 1. The van der Waals surface area contributed by atoms with Gasteiger partial charge in [0.2, 0.25) is 0 Å². The molecule has 2 aromatic carbocycles. The van der Waals surface area contributed by atoms with Gasteiger partial charge in [0.25, 0.3) is 0 Å². The highest BCUT2D eigenvalue weighted by atomic mass is 79.9. The Hall–Kier alpha value is -1.55. The molecule has 0 aliphatic rings. The Morgan fingerprint density at radius 1 is 1.21 bits per heavy atom. The minimum atomic E-state index is -0.314. The molecule has 0 aliphatic carbocycles. The second-order valence-electron chi connectivity index (χ2n) is 4.48. The first-order valence-corrected chi connectivity index (χ1v) is 6.89. The Balaban J connectivity index is 1.98. The third-order valence-corrected chi connectivity index (χ3v) is 3.53. The SMILES string of the molecule is Cc1ccc(Br)cc1CCNc1ccc(F)cc1N. The number of halogens is 2. The van der Waals surface area contributed by atoms with E-state index in [1.807, 2.05) is 6.07 Å². The van der Waals surface area contributed by atoms with E-state index in [2.05, 4.69) is 40.3 Å². The van der Waals surface area contributed by atoms with Gasteiger partial charge in [0.05, 0.1) is 11.4 Å². The minimum Gasteiger partial charge on any atom is -0.397 e. The quantitative estimate of drug-likeness (QED) is 0.830. The third-order valence-electron chi connectivity index (χ3n) is 3.03. The van der Waals surface area contributed by atoms with Crippen LogP contribution in [0.4, 0.5) is 15.8 Å². The van der Waals surface area contributed by atoms with Gasteiger partial charge in [-0.05, 0) is 54.8 Å². The van der Waals surface area contributed by atoms with Gasteiger partial charge in [0.15, 0.2) is 0 Å². The van der Waals surface area contributed by atoms with E-state index in [0.29, 0.717) is 5.69 Å². The fourth-order valence-electron chi connectivity index (χ4n) is 1.94. The topological polar surface area (TPSA) is 38.0 Å². The van der Waals surface area contributed by atoms with Gasteiger partial charge in [0.1, 0.15) is 5.82 Å². The molecule has 2 rings (SSSR count). The van der Waals surface area contributed by atoms with Crippen LogP contribution in [0, 0.1) is 12.7 Å². The van der Waals surface area contributed by atoms with E-state index in [4.69, 9.17) is 5.73 Å². The molecule has 3 N–H and O–H groups in total. The number of hydrogen-bond acceptors (Lipinski definition) is 2. The summed E-state index contributed by atoms with van der Waals surface area (Å²) in [6.45, 7) is 2.85. The Bertz CT molecular complexity index is 584. The first-order valence-electron chi connectivity index (χ1n) is 6.10. The number of nitrogen functional groups attached to an aromatic ring is 1. The Kier molecular flexibility index (Phi) is 4.43. The summed E-state index contributed by atoms with van der Waals surface area (Å²) < 4.78 is 14.0. The molecule has 0 amide bonds. The van der Waals surface area contributed by atoms with Gasteiger partial charge in [0, 0.05) is 11.0 Å². The molecular formula is C15H16BrFN2. The molecule has 2 aromatic rings. The molecular weight excluding hydrogens is 307 g/mol. The second kappa shape index (κ2) is 6.06. The summed E-state index contributed by atoms with van der Waals surface area (Å²) >= 11 is 3.47. The van der Waals surface area contributed by atoms with E-state index in [-0.39, 0.29) is 5.82 Å². The van der Waals surface area contributed by atoms with Crippen LogP contribution in [-0.4, -0.2) is 6.54 Å². The normalized spacial score (nSPS) is 10.5. The van der Waals surface area contributed by atoms with Crippen LogP contribution in [0.2, 0.25) is 0 Å². The summed E-state index contributed by atoms with van der Waals surface area (Å²) in [7, 11) is 0. The average Bonchev–Trinajstić information content (AvgIpc) is 2.36. The van der Waals surface area contributed by atoms with Gasteiger partial charge in [-0.1, -0.05) is 22.0 Å². The van der Waals surface area contributed by atoms with Crippen molar-refractivity contribution in [3.05, 3.63) is 57.8 Å². The standard InChI is InChI=1S/C15H16BrFN2/c1-10-2-3-12(16)8-11(10)6-7-19-15-5-4-13(17)9-14(15)18/h2-5,8-9,19H,6-7,18H2,1H3. The molecule has 2 nitrogen and oxygen atoms in total. The summed E-state index contributed by atoms with van der Waals surface area (Å²) in [5, 5.41) is 3.23. The fraction of sp³-hybridized carbons (Fsp3) is 0.200. The summed E-state index contributed by atoms with van der Waals surface area (Å²) in [5.41, 5.74) is 9.49. The third kappa shape index (κ3) is 3.70. The summed E-state index contributed by atoms with van der Waals surface area (Å²) in [6.07, 6.45) is 0.891. The van der Waals surface area contributed by atoms with E-state index in [9.17, 15) is 4.39 Å². The fourth-order valence-corrected chi connectivity index (χ4v) is 2.34. The molecule has 0 fully saturated rings. The van der Waals surface area contributed by atoms with Crippen molar-refractivity contribution in [2.45, 2.75) is 13.3 Å². The zero-order chi connectivity index (χ0) is 13.8. The van der Waals surface area contributed by atoms with Gasteiger partial charge in [-0.25, -0.2) is 4.39 Å². The minimum absolute atomic E-state index is 0.314. The van der Waals surface area contributed by atoms with Gasteiger partial charge in [-0.15, -0.1) is 0 Å². The Morgan fingerprint density at radius 2 is 2.00 bits per heavy atom. The second-order valence-corrected chi connectivity index (χ2v) is 5.39. The van der Waals surface area contributed by atoms with E-state index in [1.165, 1.54) is 23.3 Å². The predicted octanol–water partition coefficient (Wildman–Crippen LogP) is 4.13. The average molecular weight is 323 g/mol. The van der Waals surface area contributed by atoms with Crippen molar-refractivity contribution >= 4 is 27.3 Å². The lowest BCUT2D eigenvalue weighted by atomic mass is 10.1. The molecule has 0 saturated heterocycles. The molecule has 0 aromatic heterocycles. The monoisotopic (exact) mass is 322 g/mol. The van der Waals surface area contributed by atoms with Crippen LogP contribution >= 0.6 is 15.9 Å². The van der Waals surface area contributed by atoms with Crippen LogP contribution in [0.3, 0.4) is 0 Å². The molecule has 100 valence electrons. The maximum atomic E-state index is 12.9. The zero-order valence-corrected chi connectivity index (χ0v) is 12.3. The van der Waals surface area contributed by atoms with Crippen molar-refractivity contribution in [3.63, 3.8) is 0 Å². The van der Waals surface area contributed by atoms with Crippen molar-refractivity contribution in [1.82, 2.24) is 0 Å². The molecule has 0 saturated carbocycles. The summed E-state index contributed by atoms with van der Waals surface area (Å²) in [4.78, 5) is 0. The molecule has 0 atom stereocenters. The van der Waals surface area contributed by atoms with Crippen molar-refractivity contribution in [2.24, 2.45) is 0 Å². The van der Waals surface area contributed by atoms with Gasteiger partial charge in [-0.2, -0.15) is 0 Å². The molecule has 19 heavy (non-hydrogen) atoms. The molecule has 0 unspecified atom stereocenters. The van der Waals surface area contributed by atoms with Crippen LogP contribution in [0.15, 0.2) is 40.9 Å². The number of benzene rings is 2. The van der Waals surface area contributed by atoms with E-state index < -0.39 is 0 Å². The van der Waals surface area contributed by atoms with Gasteiger partial charge in [-0.3, -0.25) is 0 Å². The largest absolute Gasteiger partial charge is 0.397 e. The smallest absolute Gasteiger partial charge is 0.125 e. The molecule has 0 bridgehead atoms. The number of aryl methyl sites for hydroxylation is 1. The molecule has 0 spiro atoms. The number of hydrogen-bond donors (Lipinski definition) is 2. The Labute approximate surface area is 121 Å². The highest BCUT2D eigenvalue weighted by Crippen LogP contribution is 2.20. The molecule has 0 heterocycles. The van der Waals surface area contributed by atoms with Crippen molar-refractivity contribution < 1.29 is 4.39 Å². The van der Waals surface area contributed by atoms with E-state index >= 15 is 0 Å². The maximum absolute atomic E-state index is 12.9. The van der Waals surface area contributed by atoms with Crippen molar-refractivity contribution in [1.29, 1.82) is 0 Å². The highest BCUT2D eigenvalue weighted by molar-refractivity contribution is 9.10. The van der Waals surface area contributed by atoms with E-state index in [1.54, 1.807) is 6.07 Å². The number of anilines is 2. The van der Waals surface area contributed by atoms with Crippen LogP contribution in [0.25, 0.3) is 0 Å². The van der Waals surface area contributed by atoms with Gasteiger partial charge < -0.3 is 11.1 Å². The van der Waals surface area contributed by atoms with Gasteiger partial charge >= 0.3 is 0 Å². The summed E-state index contributed by atoms with van der Waals surface area (Å²) in [5.74, 6) is -0.314. The lowest BCUT2D eigenvalue weighted by Gasteiger charge is -2.11. The number of rotatable bonds is 4. The number of nitrogens with two attached hydrogens (primary N) is 1. The van der Waals surface area contributed by atoms with Crippen LogP contribution in [0.1, 0.15) is 11.1 Å². The zero-order valence-electron chi connectivity index (χ0n) is 10.7. The first-order chi connectivity index (χ1) is 9.06. The molecule has 0 aliphatic heterocycles. The lowest BCUT2D eigenvalue weighted by Crippen LogP contribution is -2.07. The van der Waals surface area contributed by atoms with Crippen LogP contribution in [-0.2, 0) is 6.42 Å². The van der Waals surface area contributed by atoms with Crippen LogP contribution in [0.5, 0.6) is 0 Å². The Morgan fingerprint density at radius 3 is 2.74 bits per heavy atom. The predicted molar refractivity (Wildman–Crippen MR) is 81.9 cm³/mol. The molecule has 4 heteroatoms. The maximum Gasteiger partial charge on any atom is 0.125 e.